The lowest BCUT2D eigenvalue weighted by molar-refractivity contribution is 0.273. The van der Waals surface area contributed by atoms with Gasteiger partial charge in [0.25, 0.3) is 0 Å². The molecule has 0 aromatic heterocycles. The first-order valence-electron chi connectivity index (χ1n) is 8.69. The molecule has 0 saturated carbocycles. The Bertz CT molecular complexity index is 819. The molecule has 0 fully saturated rings. The zero-order valence-corrected chi connectivity index (χ0v) is 16.3. The Morgan fingerprint density at radius 3 is 2.35 bits per heavy atom. The second-order valence-electron chi connectivity index (χ2n) is 6.39. The zero-order valence-electron chi connectivity index (χ0n) is 15.5. The Balaban J connectivity index is 2.11. The quantitative estimate of drug-likeness (QED) is 0.704. The lowest BCUT2D eigenvalue weighted by atomic mass is 9.93. The van der Waals surface area contributed by atoms with E-state index in [0.29, 0.717) is 18.6 Å². The number of hydrogen-bond acceptors (Lipinski definition) is 4. The van der Waals surface area contributed by atoms with Crippen molar-refractivity contribution in [3.8, 4) is 5.75 Å². The smallest absolute Gasteiger partial charge is 0.244 e. The number of sulfonamides is 1. The maximum absolute atomic E-state index is 12.7. The van der Waals surface area contributed by atoms with E-state index in [9.17, 15) is 13.5 Å². The average Bonchev–Trinajstić information content (AvgIpc) is 2.63. The standard InChI is InChI=1S/C20H27NO4S/c1-15-13-19(25-3)20(14-16(15)2)26(23,24)21-11-9-18(10-12-22)17-7-5-4-6-8-17/h4-8,13-14,18,21-22H,9-12H2,1-3H3. The van der Waals surface area contributed by atoms with Gasteiger partial charge in [0.05, 0.1) is 7.11 Å². The Morgan fingerprint density at radius 1 is 1.08 bits per heavy atom. The number of rotatable bonds is 9. The van der Waals surface area contributed by atoms with Crippen LogP contribution in [0.15, 0.2) is 47.4 Å². The molecule has 5 nitrogen and oxygen atoms in total. The second-order valence-corrected chi connectivity index (χ2v) is 8.13. The highest BCUT2D eigenvalue weighted by Crippen LogP contribution is 2.28. The molecule has 6 heteroatoms. The summed E-state index contributed by atoms with van der Waals surface area (Å²) in [5, 5.41) is 9.30. The molecular formula is C20H27NO4S. The van der Waals surface area contributed by atoms with Crippen molar-refractivity contribution in [2.45, 2.75) is 37.5 Å². The van der Waals surface area contributed by atoms with Gasteiger partial charge in [-0.05, 0) is 61.4 Å². The molecule has 2 aromatic carbocycles. The molecule has 2 rings (SSSR count). The third kappa shape index (κ3) is 5.06. The van der Waals surface area contributed by atoms with Gasteiger partial charge < -0.3 is 9.84 Å². The molecule has 0 aliphatic heterocycles. The van der Waals surface area contributed by atoms with Crippen LogP contribution in [-0.2, 0) is 10.0 Å². The highest BCUT2D eigenvalue weighted by Gasteiger charge is 2.21. The van der Waals surface area contributed by atoms with E-state index in [4.69, 9.17) is 4.74 Å². The van der Waals surface area contributed by atoms with Crippen molar-refractivity contribution in [3.63, 3.8) is 0 Å². The topological polar surface area (TPSA) is 75.6 Å². The van der Waals surface area contributed by atoms with Crippen LogP contribution in [0.3, 0.4) is 0 Å². The zero-order chi connectivity index (χ0) is 19.2. The molecule has 0 radical (unpaired) electrons. The highest BCUT2D eigenvalue weighted by atomic mass is 32.2. The van der Waals surface area contributed by atoms with Crippen molar-refractivity contribution >= 4 is 10.0 Å². The van der Waals surface area contributed by atoms with Gasteiger partial charge in [-0.1, -0.05) is 30.3 Å². The molecule has 1 atom stereocenters. The summed E-state index contributed by atoms with van der Waals surface area (Å²) < 4.78 is 33.3. The van der Waals surface area contributed by atoms with E-state index in [1.54, 1.807) is 12.1 Å². The van der Waals surface area contributed by atoms with E-state index in [0.717, 1.165) is 16.7 Å². The van der Waals surface area contributed by atoms with E-state index in [1.165, 1.54) is 7.11 Å². The summed E-state index contributed by atoms with van der Waals surface area (Å²) in [5.74, 6) is 0.445. The second kappa shape index (κ2) is 9.16. The summed E-state index contributed by atoms with van der Waals surface area (Å²) in [5.41, 5.74) is 2.98. The molecule has 2 aromatic rings. The van der Waals surface area contributed by atoms with E-state index in [1.807, 2.05) is 44.2 Å². The molecule has 0 aliphatic rings. The van der Waals surface area contributed by atoms with E-state index >= 15 is 0 Å². The number of nitrogens with one attached hydrogen (secondary N) is 1. The first kappa shape index (κ1) is 20.4. The van der Waals surface area contributed by atoms with Crippen LogP contribution in [0.25, 0.3) is 0 Å². The molecule has 2 N–H and O–H groups in total. The fourth-order valence-corrected chi connectivity index (χ4v) is 4.22. The van der Waals surface area contributed by atoms with Gasteiger partial charge in [-0.2, -0.15) is 0 Å². The van der Waals surface area contributed by atoms with Crippen LogP contribution in [0.1, 0.15) is 35.4 Å². The minimum atomic E-state index is -3.67. The number of hydrogen-bond donors (Lipinski definition) is 2. The largest absolute Gasteiger partial charge is 0.495 e. The van der Waals surface area contributed by atoms with Crippen molar-refractivity contribution in [2.75, 3.05) is 20.3 Å². The third-order valence-corrected chi connectivity index (χ3v) is 6.09. The van der Waals surface area contributed by atoms with Crippen molar-refractivity contribution in [1.29, 1.82) is 0 Å². The fourth-order valence-electron chi connectivity index (χ4n) is 2.94. The monoisotopic (exact) mass is 377 g/mol. The van der Waals surface area contributed by atoms with Crippen LogP contribution >= 0.6 is 0 Å². The SMILES string of the molecule is COc1cc(C)c(C)cc1S(=O)(=O)NCCC(CCO)c1ccccc1. The molecule has 0 bridgehead atoms. The van der Waals surface area contributed by atoms with Crippen molar-refractivity contribution in [3.05, 3.63) is 59.2 Å². The van der Waals surface area contributed by atoms with Gasteiger partial charge in [0.1, 0.15) is 10.6 Å². The number of aliphatic hydroxyl groups excluding tert-OH is 1. The number of aryl methyl sites for hydroxylation is 2. The summed E-state index contributed by atoms with van der Waals surface area (Å²) in [6, 6.07) is 13.2. The van der Waals surface area contributed by atoms with Gasteiger partial charge in [0, 0.05) is 13.2 Å². The van der Waals surface area contributed by atoms with Gasteiger partial charge >= 0.3 is 0 Å². The molecule has 0 heterocycles. The van der Waals surface area contributed by atoms with Crippen molar-refractivity contribution in [1.82, 2.24) is 4.72 Å². The van der Waals surface area contributed by atoms with Gasteiger partial charge in [-0.15, -0.1) is 0 Å². The fraction of sp³-hybridized carbons (Fsp3) is 0.400. The maximum atomic E-state index is 12.7. The van der Waals surface area contributed by atoms with Crippen LogP contribution in [0.4, 0.5) is 0 Å². The van der Waals surface area contributed by atoms with E-state index < -0.39 is 10.0 Å². The Morgan fingerprint density at radius 2 is 1.73 bits per heavy atom. The molecule has 0 amide bonds. The first-order valence-corrected chi connectivity index (χ1v) is 10.2. The summed E-state index contributed by atoms with van der Waals surface area (Å²) in [7, 11) is -2.20. The molecule has 142 valence electrons. The summed E-state index contributed by atoms with van der Waals surface area (Å²) >= 11 is 0. The van der Waals surface area contributed by atoms with Crippen molar-refractivity contribution < 1.29 is 18.3 Å². The highest BCUT2D eigenvalue weighted by molar-refractivity contribution is 7.89. The van der Waals surface area contributed by atoms with E-state index in [2.05, 4.69) is 4.72 Å². The molecule has 1 unspecified atom stereocenters. The number of methoxy groups -OCH3 is 1. The lowest BCUT2D eigenvalue weighted by Gasteiger charge is -2.17. The Hall–Kier alpha value is -1.89. The molecule has 0 aliphatic carbocycles. The van der Waals surface area contributed by atoms with Crippen LogP contribution in [0, 0.1) is 13.8 Å². The first-order chi connectivity index (χ1) is 12.4. The van der Waals surface area contributed by atoms with Gasteiger partial charge in [-0.3, -0.25) is 0 Å². The minimum absolute atomic E-state index is 0.0668. The Kier molecular flexibility index (Phi) is 7.20. The molecule has 0 spiro atoms. The summed E-state index contributed by atoms with van der Waals surface area (Å²) in [6.45, 7) is 4.15. The number of ether oxygens (including phenoxy) is 1. The van der Waals surface area contributed by atoms with Crippen LogP contribution in [0.2, 0.25) is 0 Å². The lowest BCUT2D eigenvalue weighted by Crippen LogP contribution is -2.26. The minimum Gasteiger partial charge on any atom is -0.495 e. The number of benzene rings is 2. The van der Waals surface area contributed by atoms with Crippen LogP contribution < -0.4 is 9.46 Å². The summed E-state index contributed by atoms with van der Waals surface area (Å²) in [6.07, 6.45) is 1.20. The predicted molar refractivity (Wildman–Crippen MR) is 103 cm³/mol. The van der Waals surface area contributed by atoms with Crippen LogP contribution in [0.5, 0.6) is 5.75 Å². The normalized spacial score (nSPS) is 12.8. The van der Waals surface area contributed by atoms with Gasteiger partial charge in [-0.25, -0.2) is 13.1 Å². The van der Waals surface area contributed by atoms with Gasteiger partial charge in [0.2, 0.25) is 10.0 Å². The molecular weight excluding hydrogens is 350 g/mol. The molecule has 0 saturated heterocycles. The Labute approximate surface area is 156 Å². The number of aliphatic hydroxyl groups is 1. The maximum Gasteiger partial charge on any atom is 0.244 e. The predicted octanol–water partition coefficient (Wildman–Crippen LogP) is 3.15. The molecule has 26 heavy (non-hydrogen) atoms. The third-order valence-electron chi connectivity index (χ3n) is 4.60. The van der Waals surface area contributed by atoms with E-state index in [-0.39, 0.29) is 24.0 Å². The summed E-state index contributed by atoms with van der Waals surface area (Å²) in [4.78, 5) is 0.154. The van der Waals surface area contributed by atoms with Gasteiger partial charge in [0.15, 0.2) is 0 Å². The van der Waals surface area contributed by atoms with Crippen molar-refractivity contribution in [2.24, 2.45) is 0 Å². The van der Waals surface area contributed by atoms with Crippen LogP contribution in [-0.4, -0.2) is 33.8 Å². The average molecular weight is 378 g/mol.